The van der Waals surface area contributed by atoms with E-state index in [1.807, 2.05) is 6.92 Å². The molecule has 0 radical (unpaired) electrons. The Hall–Kier alpha value is -1.96. The van der Waals surface area contributed by atoms with Crippen LogP contribution in [0.25, 0.3) is 0 Å². The van der Waals surface area contributed by atoms with Crippen molar-refractivity contribution in [3.05, 3.63) is 33.8 Å². The molecule has 2 aromatic rings. The SMILES string of the molecule is CCNC(=NCc1cc(OC)c(OC)c(OC)c1)NCc1nc(C(F)(F)F)cs1.I. The van der Waals surface area contributed by atoms with Crippen molar-refractivity contribution in [1.29, 1.82) is 0 Å². The average Bonchev–Trinajstić information content (AvgIpc) is 3.18. The van der Waals surface area contributed by atoms with Gasteiger partial charge in [-0.2, -0.15) is 13.2 Å². The molecule has 0 unspecified atom stereocenters. The molecule has 0 bridgehead atoms. The van der Waals surface area contributed by atoms with E-state index in [0.717, 1.165) is 22.3 Å². The lowest BCUT2D eigenvalue weighted by atomic mass is 10.2. The van der Waals surface area contributed by atoms with Gasteiger partial charge in [-0.25, -0.2) is 9.98 Å². The minimum absolute atomic E-state index is 0. The smallest absolute Gasteiger partial charge is 0.434 e. The number of hydrogen-bond donors (Lipinski definition) is 2. The van der Waals surface area contributed by atoms with E-state index in [-0.39, 0.29) is 37.1 Å². The Balaban J connectivity index is 0.00000450. The molecule has 1 aromatic carbocycles. The van der Waals surface area contributed by atoms with Gasteiger partial charge in [-0.1, -0.05) is 0 Å². The molecule has 0 spiro atoms. The highest BCUT2D eigenvalue weighted by Crippen LogP contribution is 2.38. The molecule has 0 amide bonds. The summed E-state index contributed by atoms with van der Waals surface area (Å²) in [6.45, 7) is 2.90. The van der Waals surface area contributed by atoms with Gasteiger partial charge in [-0.3, -0.25) is 0 Å². The molecule has 168 valence electrons. The average molecular weight is 560 g/mol. The maximum absolute atomic E-state index is 12.7. The molecule has 0 saturated heterocycles. The number of ether oxygens (including phenoxy) is 3. The molecule has 7 nitrogen and oxygen atoms in total. The van der Waals surface area contributed by atoms with Gasteiger partial charge < -0.3 is 24.8 Å². The van der Waals surface area contributed by atoms with Gasteiger partial charge in [0, 0.05) is 11.9 Å². The van der Waals surface area contributed by atoms with Crippen LogP contribution < -0.4 is 24.8 Å². The van der Waals surface area contributed by atoms with Crippen molar-refractivity contribution in [1.82, 2.24) is 15.6 Å². The summed E-state index contributed by atoms with van der Waals surface area (Å²) in [6.07, 6.45) is -4.44. The Morgan fingerprint density at radius 2 is 1.73 bits per heavy atom. The third-order valence-corrected chi connectivity index (χ3v) is 4.59. The second-order valence-electron chi connectivity index (χ2n) is 5.71. The Morgan fingerprint density at radius 1 is 1.10 bits per heavy atom. The summed E-state index contributed by atoms with van der Waals surface area (Å²) in [5.41, 5.74) is -0.0797. The molecule has 0 saturated carbocycles. The molecule has 1 heterocycles. The van der Waals surface area contributed by atoms with Crippen molar-refractivity contribution in [3.63, 3.8) is 0 Å². The first-order valence-electron chi connectivity index (χ1n) is 8.65. The van der Waals surface area contributed by atoms with Crippen molar-refractivity contribution in [3.8, 4) is 17.2 Å². The number of nitrogens with zero attached hydrogens (tertiary/aromatic N) is 2. The lowest BCUT2D eigenvalue weighted by Crippen LogP contribution is -2.36. The standard InChI is InChI=1S/C18H23F3N4O3S.HI/c1-5-22-17(24-9-15-25-14(10-29-15)18(19,20)21)23-8-11-6-12(26-2)16(28-4)13(7-11)27-3;/h6-7,10H,5,8-9H2,1-4H3,(H2,22,23,24);1H. The lowest BCUT2D eigenvalue weighted by Gasteiger charge is -2.14. The third kappa shape index (κ3) is 7.07. The number of rotatable bonds is 8. The molecule has 30 heavy (non-hydrogen) atoms. The van der Waals surface area contributed by atoms with E-state index in [9.17, 15) is 13.2 Å². The van der Waals surface area contributed by atoms with E-state index in [1.165, 1.54) is 21.3 Å². The first kappa shape index (κ1) is 26.1. The fourth-order valence-electron chi connectivity index (χ4n) is 2.42. The zero-order chi connectivity index (χ0) is 21.4. The maximum Gasteiger partial charge on any atom is 0.434 e. The zero-order valence-electron chi connectivity index (χ0n) is 16.9. The molecule has 1 aromatic heterocycles. The number of aliphatic imine (C=N–C) groups is 1. The van der Waals surface area contributed by atoms with Gasteiger partial charge in [0.25, 0.3) is 0 Å². The zero-order valence-corrected chi connectivity index (χ0v) is 20.1. The fourth-order valence-corrected chi connectivity index (χ4v) is 3.16. The summed E-state index contributed by atoms with van der Waals surface area (Å²) in [6, 6.07) is 3.57. The van der Waals surface area contributed by atoms with Gasteiger partial charge >= 0.3 is 6.18 Å². The molecule has 2 N–H and O–H groups in total. The van der Waals surface area contributed by atoms with E-state index < -0.39 is 11.9 Å². The molecule has 0 aliphatic rings. The molecule has 0 fully saturated rings. The third-order valence-electron chi connectivity index (χ3n) is 3.74. The molecular formula is C18H24F3IN4O3S. The predicted molar refractivity (Wildman–Crippen MR) is 120 cm³/mol. The second-order valence-corrected chi connectivity index (χ2v) is 6.65. The molecular weight excluding hydrogens is 536 g/mol. The number of halogens is 4. The van der Waals surface area contributed by atoms with E-state index in [4.69, 9.17) is 14.2 Å². The largest absolute Gasteiger partial charge is 0.493 e. The Kier molecular flexibility index (Phi) is 10.5. The van der Waals surface area contributed by atoms with Crippen LogP contribution in [0.4, 0.5) is 13.2 Å². The van der Waals surface area contributed by atoms with E-state index in [2.05, 4.69) is 20.6 Å². The van der Waals surface area contributed by atoms with Crippen molar-refractivity contribution in [2.24, 2.45) is 4.99 Å². The molecule has 0 aliphatic carbocycles. The Bertz CT molecular complexity index is 821. The van der Waals surface area contributed by atoms with Crippen LogP contribution in [0.1, 0.15) is 23.2 Å². The van der Waals surface area contributed by atoms with Crippen molar-refractivity contribution in [2.75, 3.05) is 27.9 Å². The normalized spacial score (nSPS) is 11.5. The molecule has 12 heteroatoms. The summed E-state index contributed by atoms with van der Waals surface area (Å²) >= 11 is 0.942. The van der Waals surface area contributed by atoms with E-state index in [0.29, 0.717) is 34.8 Å². The van der Waals surface area contributed by atoms with Crippen molar-refractivity contribution in [2.45, 2.75) is 26.2 Å². The quantitative estimate of drug-likeness (QED) is 0.288. The molecule has 0 atom stereocenters. The summed E-state index contributed by atoms with van der Waals surface area (Å²) < 4.78 is 53.9. The number of hydrogen-bond acceptors (Lipinski definition) is 6. The predicted octanol–water partition coefficient (Wildman–Crippen LogP) is 4.06. The Labute approximate surface area is 194 Å². The van der Waals surface area contributed by atoms with Gasteiger partial charge in [0.2, 0.25) is 5.75 Å². The highest BCUT2D eigenvalue weighted by molar-refractivity contribution is 14.0. The monoisotopic (exact) mass is 560 g/mol. The van der Waals surface area contributed by atoms with Gasteiger partial charge in [-0.05, 0) is 24.6 Å². The van der Waals surface area contributed by atoms with E-state index in [1.54, 1.807) is 12.1 Å². The molecule has 0 aliphatic heterocycles. The number of benzene rings is 1. The maximum atomic E-state index is 12.7. The number of aromatic nitrogens is 1. The van der Waals surface area contributed by atoms with Gasteiger partial charge in [0.1, 0.15) is 5.01 Å². The summed E-state index contributed by atoms with van der Waals surface area (Å²) in [5.74, 6) is 1.96. The van der Waals surface area contributed by atoms with E-state index >= 15 is 0 Å². The van der Waals surface area contributed by atoms with Crippen LogP contribution in [-0.2, 0) is 19.3 Å². The summed E-state index contributed by atoms with van der Waals surface area (Å²) in [4.78, 5) is 8.06. The minimum atomic E-state index is -4.44. The second kappa shape index (κ2) is 12.0. The summed E-state index contributed by atoms with van der Waals surface area (Å²) in [5, 5.41) is 7.34. The van der Waals surface area contributed by atoms with Crippen LogP contribution in [0.5, 0.6) is 17.2 Å². The van der Waals surface area contributed by atoms with Crippen molar-refractivity contribution >= 4 is 41.3 Å². The number of thiazole rings is 1. The lowest BCUT2D eigenvalue weighted by molar-refractivity contribution is -0.140. The van der Waals surface area contributed by atoms with Crippen molar-refractivity contribution < 1.29 is 27.4 Å². The first-order valence-corrected chi connectivity index (χ1v) is 9.53. The van der Waals surface area contributed by atoms with Crippen LogP contribution in [0, 0.1) is 0 Å². The van der Waals surface area contributed by atoms with Crippen LogP contribution in [0.15, 0.2) is 22.5 Å². The summed E-state index contributed by atoms with van der Waals surface area (Å²) in [7, 11) is 4.58. The van der Waals surface area contributed by atoms with Gasteiger partial charge in [-0.15, -0.1) is 35.3 Å². The van der Waals surface area contributed by atoms with Gasteiger partial charge in [0.05, 0.1) is 34.4 Å². The highest BCUT2D eigenvalue weighted by Gasteiger charge is 2.33. The van der Waals surface area contributed by atoms with Crippen LogP contribution in [0.2, 0.25) is 0 Å². The van der Waals surface area contributed by atoms with Crippen LogP contribution >= 0.6 is 35.3 Å². The van der Waals surface area contributed by atoms with Crippen LogP contribution in [-0.4, -0.2) is 38.8 Å². The fraction of sp³-hybridized carbons (Fsp3) is 0.444. The minimum Gasteiger partial charge on any atom is -0.493 e. The number of methoxy groups -OCH3 is 3. The molecule has 2 rings (SSSR count). The van der Waals surface area contributed by atoms with Crippen LogP contribution in [0.3, 0.4) is 0 Å². The number of guanidine groups is 1. The topological polar surface area (TPSA) is 77.0 Å². The highest BCUT2D eigenvalue weighted by atomic mass is 127. The Morgan fingerprint density at radius 3 is 2.20 bits per heavy atom. The van der Waals surface area contributed by atoms with Gasteiger partial charge in [0.15, 0.2) is 23.2 Å². The number of nitrogens with one attached hydrogen (secondary N) is 2. The first-order chi connectivity index (χ1) is 13.8. The number of alkyl halides is 3.